The van der Waals surface area contributed by atoms with E-state index in [9.17, 15) is 9.59 Å². The standard InChI is InChI=1S/C19H19NO5/c1-23-13-4-5-16-14(11-13)15(21)12-19(25-16)6-8-20(9-7-19)18(22)17-3-2-10-24-17/h2-5,10-11H,6-9,12H2,1H3. The van der Waals surface area contributed by atoms with Crippen molar-refractivity contribution in [2.24, 2.45) is 0 Å². The Bertz CT molecular complexity index is 803. The molecule has 0 radical (unpaired) electrons. The van der Waals surface area contributed by atoms with E-state index in [1.165, 1.54) is 6.26 Å². The lowest BCUT2D eigenvalue weighted by atomic mass is 9.82. The molecule has 0 N–H and O–H groups in total. The van der Waals surface area contributed by atoms with Gasteiger partial charge in [0.1, 0.15) is 17.1 Å². The molecule has 2 aliphatic heterocycles. The van der Waals surface area contributed by atoms with E-state index in [1.807, 2.05) is 0 Å². The van der Waals surface area contributed by atoms with Crippen molar-refractivity contribution < 1.29 is 23.5 Å². The molecule has 1 aromatic heterocycles. The monoisotopic (exact) mass is 341 g/mol. The maximum Gasteiger partial charge on any atom is 0.289 e. The molecule has 4 rings (SSSR count). The van der Waals surface area contributed by atoms with Crippen LogP contribution >= 0.6 is 0 Å². The molecule has 6 nitrogen and oxygen atoms in total. The summed E-state index contributed by atoms with van der Waals surface area (Å²) in [5.74, 6) is 1.53. The number of amides is 1. The summed E-state index contributed by atoms with van der Waals surface area (Å²) in [6.07, 6.45) is 3.07. The normalized spacial score (nSPS) is 18.6. The van der Waals surface area contributed by atoms with E-state index in [-0.39, 0.29) is 11.7 Å². The number of fused-ring (bicyclic) bond motifs is 1. The van der Waals surface area contributed by atoms with E-state index in [4.69, 9.17) is 13.9 Å². The molecule has 1 aromatic carbocycles. The molecule has 0 unspecified atom stereocenters. The number of rotatable bonds is 2. The number of likely N-dealkylation sites (tertiary alicyclic amines) is 1. The molecule has 0 atom stereocenters. The zero-order valence-corrected chi connectivity index (χ0v) is 14.0. The van der Waals surface area contributed by atoms with Gasteiger partial charge in [-0.25, -0.2) is 0 Å². The van der Waals surface area contributed by atoms with Gasteiger partial charge in [-0.2, -0.15) is 0 Å². The first kappa shape index (κ1) is 15.7. The summed E-state index contributed by atoms with van der Waals surface area (Å²) in [5.41, 5.74) is 0.0394. The number of piperidine rings is 1. The van der Waals surface area contributed by atoms with Crippen LogP contribution in [0.3, 0.4) is 0 Å². The van der Waals surface area contributed by atoms with Gasteiger partial charge >= 0.3 is 0 Å². The predicted molar refractivity (Wildman–Crippen MR) is 89.1 cm³/mol. The van der Waals surface area contributed by atoms with Crippen molar-refractivity contribution in [3.8, 4) is 11.5 Å². The third kappa shape index (κ3) is 2.77. The quantitative estimate of drug-likeness (QED) is 0.840. The summed E-state index contributed by atoms with van der Waals surface area (Å²) < 4.78 is 16.6. The van der Waals surface area contributed by atoms with Gasteiger partial charge in [-0.3, -0.25) is 9.59 Å². The average molecular weight is 341 g/mol. The first-order valence-electron chi connectivity index (χ1n) is 8.33. The van der Waals surface area contributed by atoms with Crippen LogP contribution < -0.4 is 9.47 Å². The van der Waals surface area contributed by atoms with E-state index in [1.54, 1.807) is 42.3 Å². The summed E-state index contributed by atoms with van der Waals surface area (Å²) in [4.78, 5) is 26.7. The minimum Gasteiger partial charge on any atom is -0.497 e. The topological polar surface area (TPSA) is 69.0 Å². The predicted octanol–water partition coefficient (Wildman–Crippen LogP) is 2.93. The minimum atomic E-state index is -0.529. The Hall–Kier alpha value is -2.76. The average Bonchev–Trinajstić information content (AvgIpc) is 3.16. The van der Waals surface area contributed by atoms with Gasteiger partial charge in [0.15, 0.2) is 11.5 Å². The van der Waals surface area contributed by atoms with Gasteiger partial charge in [0.25, 0.3) is 5.91 Å². The lowest BCUT2D eigenvalue weighted by molar-refractivity contribution is -0.00647. The van der Waals surface area contributed by atoms with Crippen molar-refractivity contribution in [3.05, 3.63) is 47.9 Å². The summed E-state index contributed by atoms with van der Waals surface area (Å²) in [6, 6.07) is 8.66. The van der Waals surface area contributed by atoms with Crippen molar-refractivity contribution >= 4 is 11.7 Å². The molecule has 130 valence electrons. The zero-order valence-electron chi connectivity index (χ0n) is 14.0. The Morgan fingerprint density at radius 1 is 1.24 bits per heavy atom. The molecule has 1 spiro atoms. The highest BCUT2D eigenvalue weighted by molar-refractivity contribution is 6.00. The van der Waals surface area contributed by atoms with E-state index in [0.29, 0.717) is 55.2 Å². The third-order valence-corrected chi connectivity index (χ3v) is 4.99. The highest BCUT2D eigenvalue weighted by atomic mass is 16.5. The number of Topliss-reactive ketones (excluding diaryl/α,β-unsaturated/α-hetero) is 1. The fourth-order valence-electron chi connectivity index (χ4n) is 3.55. The Labute approximate surface area is 145 Å². The summed E-state index contributed by atoms with van der Waals surface area (Å²) in [5, 5.41) is 0. The Morgan fingerprint density at radius 2 is 2.04 bits per heavy atom. The van der Waals surface area contributed by atoms with Crippen LogP contribution in [0.4, 0.5) is 0 Å². The molecule has 25 heavy (non-hydrogen) atoms. The van der Waals surface area contributed by atoms with E-state index >= 15 is 0 Å². The maximum atomic E-state index is 12.6. The van der Waals surface area contributed by atoms with Crippen LogP contribution in [-0.4, -0.2) is 42.4 Å². The van der Waals surface area contributed by atoms with Gasteiger partial charge in [0, 0.05) is 25.9 Å². The second-order valence-corrected chi connectivity index (χ2v) is 6.52. The van der Waals surface area contributed by atoms with E-state index in [0.717, 1.165) is 0 Å². The Kier molecular flexibility index (Phi) is 3.75. The number of methoxy groups -OCH3 is 1. The minimum absolute atomic E-state index is 0.0611. The SMILES string of the molecule is COc1ccc2c(c1)C(=O)CC1(CCN(C(=O)c3ccco3)CC1)O2. The first-order valence-corrected chi connectivity index (χ1v) is 8.33. The van der Waals surface area contributed by atoms with Crippen LogP contribution in [0, 0.1) is 0 Å². The number of nitrogens with zero attached hydrogens (tertiary/aromatic N) is 1. The second-order valence-electron chi connectivity index (χ2n) is 6.52. The van der Waals surface area contributed by atoms with Crippen molar-refractivity contribution in [1.82, 2.24) is 4.90 Å². The van der Waals surface area contributed by atoms with Crippen molar-refractivity contribution in [3.63, 3.8) is 0 Å². The van der Waals surface area contributed by atoms with Crippen molar-refractivity contribution in [2.75, 3.05) is 20.2 Å². The molecule has 0 aliphatic carbocycles. The molecule has 2 aliphatic rings. The summed E-state index contributed by atoms with van der Waals surface area (Å²) >= 11 is 0. The number of hydrogen-bond donors (Lipinski definition) is 0. The van der Waals surface area contributed by atoms with E-state index in [2.05, 4.69) is 0 Å². The highest BCUT2D eigenvalue weighted by Crippen LogP contribution is 2.40. The molecular formula is C19H19NO5. The zero-order chi connectivity index (χ0) is 17.4. The van der Waals surface area contributed by atoms with Gasteiger partial charge in [-0.15, -0.1) is 0 Å². The van der Waals surface area contributed by atoms with Crippen LogP contribution in [0.2, 0.25) is 0 Å². The van der Waals surface area contributed by atoms with Gasteiger partial charge in [0.2, 0.25) is 0 Å². The van der Waals surface area contributed by atoms with Crippen LogP contribution in [0.1, 0.15) is 40.2 Å². The largest absolute Gasteiger partial charge is 0.497 e. The number of ketones is 1. The van der Waals surface area contributed by atoms with Gasteiger partial charge in [-0.05, 0) is 30.3 Å². The number of hydrogen-bond acceptors (Lipinski definition) is 5. The fourth-order valence-corrected chi connectivity index (χ4v) is 3.55. The molecule has 1 saturated heterocycles. The smallest absolute Gasteiger partial charge is 0.289 e. The number of carbonyl (C=O) groups is 2. The molecular weight excluding hydrogens is 322 g/mol. The molecule has 0 bridgehead atoms. The summed E-state index contributed by atoms with van der Waals surface area (Å²) in [7, 11) is 1.57. The number of carbonyl (C=O) groups excluding carboxylic acids is 2. The van der Waals surface area contributed by atoms with Crippen molar-refractivity contribution in [1.29, 1.82) is 0 Å². The lowest BCUT2D eigenvalue weighted by Crippen LogP contribution is -2.52. The van der Waals surface area contributed by atoms with Gasteiger partial charge in [-0.1, -0.05) is 0 Å². The van der Waals surface area contributed by atoms with Crippen molar-refractivity contribution in [2.45, 2.75) is 24.9 Å². The van der Waals surface area contributed by atoms with Crippen LogP contribution in [-0.2, 0) is 0 Å². The number of benzene rings is 1. The molecule has 0 saturated carbocycles. The van der Waals surface area contributed by atoms with Crippen LogP contribution in [0.25, 0.3) is 0 Å². The van der Waals surface area contributed by atoms with Crippen LogP contribution in [0.15, 0.2) is 41.0 Å². The summed E-state index contributed by atoms with van der Waals surface area (Å²) in [6.45, 7) is 1.08. The second kappa shape index (κ2) is 5.95. The molecule has 1 amide bonds. The first-order chi connectivity index (χ1) is 12.1. The molecule has 3 heterocycles. The lowest BCUT2D eigenvalue weighted by Gasteiger charge is -2.43. The van der Waals surface area contributed by atoms with Gasteiger partial charge in [0.05, 0.1) is 25.4 Å². The number of ether oxygens (including phenoxy) is 2. The Balaban J connectivity index is 1.49. The van der Waals surface area contributed by atoms with Crippen LogP contribution in [0.5, 0.6) is 11.5 Å². The third-order valence-electron chi connectivity index (χ3n) is 4.99. The Morgan fingerprint density at radius 3 is 2.72 bits per heavy atom. The van der Waals surface area contributed by atoms with Gasteiger partial charge < -0.3 is 18.8 Å². The number of furan rings is 1. The fraction of sp³-hybridized carbons (Fsp3) is 0.368. The highest BCUT2D eigenvalue weighted by Gasteiger charge is 2.44. The maximum absolute atomic E-state index is 12.6. The molecule has 2 aromatic rings. The molecule has 1 fully saturated rings. The van der Waals surface area contributed by atoms with E-state index < -0.39 is 5.60 Å². The molecule has 6 heteroatoms.